The molecule has 2 rings (SSSR count). The zero-order chi connectivity index (χ0) is 36.0. The first-order valence-corrected chi connectivity index (χ1v) is 20.0. The first-order chi connectivity index (χ1) is 22.8. The lowest BCUT2D eigenvalue weighted by molar-refractivity contribution is -0.910. The van der Waals surface area contributed by atoms with Crippen LogP contribution < -0.4 is 27.2 Å². The fourth-order valence-corrected chi connectivity index (χ4v) is 7.93. The fraction of sp³-hybridized carbons (Fsp3) is 0.949. The number of carbonyl (C=O) groups is 2. The Hall–Kier alpha value is -0.780. The molecule has 0 aliphatic carbocycles. The van der Waals surface area contributed by atoms with E-state index >= 15 is 0 Å². The van der Waals surface area contributed by atoms with Gasteiger partial charge in [0.05, 0.1) is 38.6 Å². The number of carboxylic acid groups (broad SMARTS) is 2. The first-order valence-electron chi connectivity index (χ1n) is 20.0. The van der Waals surface area contributed by atoms with Gasteiger partial charge in [0.2, 0.25) is 0 Å². The number of quaternary nitrogens is 1. The second-order valence-corrected chi connectivity index (χ2v) is 15.6. The molecule has 2 aliphatic heterocycles. The molecule has 0 amide bonds. The minimum atomic E-state index is -2.44. The van der Waals surface area contributed by atoms with Crippen LogP contribution in [0.1, 0.15) is 163 Å². The number of carbonyl (C=O) groups excluding carboxylic acids is 2. The van der Waals surface area contributed by atoms with Crippen molar-refractivity contribution in [2.24, 2.45) is 0 Å². The van der Waals surface area contributed by atoms with E-state index in [1.165, 1.54) is 166 Å². The fourth-order valence-electron chi connectivity index (χ4n) is 7.93. The van der Waals surface area contributed by atoms with E-state index in [4.69, 9.17) is 10.2 Å². The Morgan fingerprint density at radius 3 is 1.12 bits per heavy atom. The lowest BCUT2D eigenvalue weighted by atomic mass is 10.0. The van der Waals surface area contributed by atoms with E-state index in [9.17, 15) is 19.8 Å². The van der Waals surface area contributed by atoms with Crippen molar-refractivity contribution < 1.29 is 51.5 Å². The van der Waals surface area contributed by atoms with E-state index in [0.29, 0.717) is 0 Å². The summed E-state index contributed by atoms with van der Waals surface area (Å²) < 4.78 is 1.31. The van der Waals surface area contributed by atoms with Crippen LogP contribution >= 0.6 is 0 Å². The molecular formula is C39H76BrN3O6-2. The number of unbranched alkanes of at least 4 members (excludes halogenated alkanes) is 13. The predicted molar refractivity (Wildman–Crippen MR) is 192 cm³/mol. The number of likely N-dealkylation sites (tertiary alicyclic amines) is 2. The Kier molecular flexibility index (Phi) is 27.4. The largest absolute Gasteiger partial charge is 1.00 e. The zero-order valence-electron chi connectivity index (χ0n) is 32.4. The number of nitrogens with zero attached hydrogens (tertiary/aromatic N) is 3. The van der Waals surface area contributed by atoms with Gasteiger partial charge in [-0.3, -0.25) is 9.80 Å². The highest BCUT2D eigenvalue weighted by Crippen LogP contribution is 2.25. The zero-order valence-corrected chi connectivity index (χ0v) is 34.0. The number of halogens is 1. The average Bonchev–Trinajstić information content (AvgIpc) is 3.54. The van der Waals surface area contributed by atoms with Gasteiger partial charge in [0.15, 0.2) is 0 Å². The highest BCUT2D eigenvalue weighted by Gasteiger charge is 2.30. The van der Waals surface area contributed by atoms with Crippen molar-refractivity contribution in [3.63, 3.8) is 0 Å². The Balaban J connectivity index is 0.00000181. The number of carboxylic acids is 2. The van der Waals surface area contributed by atoms with E-state index in [1.807, 2.05) is 0 Å². The van der Waals surface area contributed by atoms with Crippen molar-refractivity contribution in [3.05, 3.63) is 0 Å². The van der Waals surface area contributed by atoms with Gasteiger partial charge >= 0.3 is 0 Å². The van der Waals surface area contributed by atoms with Crippen molar-refractivity contribution >= 4 is 11.9 Å². The molecule has 292 valence electrons. The summed E-state index contributed by atoms with van der Waals surface area (Å²) in [5.74, 6) is -4.12. The SMILES string of the molecule is CCCCCCCCCCCCCCCC[N+](C)(CCCN1C(C)CCC1C)CCCN1C(C)CCC1C.O=C([O-])C(O)C(O)C(=O)[O-].[Br-]. The normalized spacial score (nSPS) is 23.7. The third kappa shape index (κ3) is 20.7. The molecule has 0 aromatic carbocycles. The summed E-state index contributed by atoms with van der Waals surface area (Å²) in [6, 6.07) is 3.20. The van der Waals surface area contributed by atoms with Crippen LogP contribution in [-0.4, -0.2) is 113 Å². The maximum Gasteiger partial charge on any atom is 0.124 e. The van der Waals surface area contributed by atoms with Crippen LogP contribution in [0.25, 0.3) is 0 Å². The second kappa shape index (κ2) is 27.8. The Bertz CT molecular complexity index is 784. The van der Waals surface area contributed by atoms with Gasteiger partial charge in [-0.1, -0.05) is 84.0 Å². The van der Waals surface area contributed by atoms with Crippen LogP contribution in [0.5, 0.6) is 0 Å². The standard InChI is InChI=1S/C35H72N3.C4H6O6.BrH/c1-7-8-9-10-11-12-13-14-15-16-17-18-19-20-29-38(6,30-21-27-36-32(2)23-24-33(36)3)31-22-28-37-34(4)25-26-35(37)5;5-1(3(7)8)2(6)4(9)10;/h32-35H,7-31H2,1-6H3;1-2,5-6H,(H,7,8)(H,9,10);1H/q+1;;/p-3. The smallest absolute Gasteiger partial charge is 0.124 e. The summed E-state index contributed by atoms with van der Waals surface area (Å²) in [5.41, 5.74) is 0. The third-order valence-electron chi connectivity index (χ3n) is 11.3. The summed E-state index contributed by atoms with van der Waals surface area (Å²) in [6.45, 7) is 18.9. The van der Waals surface area contributed by atoms with Crippen LogP contribution in [0.15, 0.2) is 0 Å². The lowest BCUT2D eigenvalue weighted by Gasteiger charge is -2.37. The summed E-state index contributed by atoms with van der Waals surface area (Å²) in [5, 5.41) is 35.7. The first kappa shape index (κ1) is 48.2. The van der Waals surface area contributed by atoms with Crippen molar-refractivity contribution in [3.8, 4) is 0 Å². The van der Waals surface area contributed by atoms with Crippen LogP contribution in [0.2, 0.25) is 0 Å². The number of aliphatic hydroxyl groups is 2. The summed E-state index contributed by atoms with van der Waals surface area (Å²) >= 11 is 0. The number of aliphatic hydroxyl groups excluding tert-OH is 2. The maximum absolute atomic E-state index is 9.63. The Morgan fingerprint density at radius 1 is 0.571 bits per heavy atom. The Morgan fingerprint density at radius 2 is 0.837 bits per heavy atom. The minimum Gasteiger partial charge on any atom is -1.00 e. The lowest BCUT2D eigenvalue weighted by Crippen LogP contribution is -3.00. The van der Waals surface area contributed by atoms with Crippen LogP contribution in [0, 0.1) is 0 Å². The molecule has 0 aromatic rings. The molecule has 0 aromatic heterocycles. The van der Waals surface area contributed by atoms with Gasteiger partial charge in [0.25, 0.3) is 0 Å². The van der Waals surface area contributed by atoms with Gasteiger partial charge in [0, 0.05) is 50.1 Å². The molecule has 2 aliphatic rings. The average molecular weight is 763 g/mol. The topological polar surface area (TPSA) is 127 Å². The summed E-state index contributed by atoms with van der Waals surface area (Å²) in [4.78, 5) is 24.9. The number of aliphatic carboxylic acids is 2. The molecule has 2 N–H and O–H groups in total. The summed E-state index contributed by atoms with van der Waals surface area (Å²) in [7, 11) is 2.59. The molecule has 9 nitrogen and oxygen atoms in total. The maximum atomic E-state index is 9.63. The van der Waals surface area contributed by atoms with Gasteiger partial charge in [-0.15, -0.1) is 0 Å². The molecule has 0 spiro atoms. The van der Waals surface area contributed by atoms with E-state index in [0.717, 1.165) is 24.2 Å². The molecule has 2 fully saturated rings. The van der Waals surface area contributed by atoms with Crippen LogP contribution in [0.3, 0.4) is 0 Å². The quantitative estimate of drug-likeness (QED) is 0.101. The van der Waals surface area contributed by atoms with Crippen molar-refractivity contribution in [1.29, 1.82) is 0 Å². The number of rotatable bonds is 26. The van der Waals surface area contributed by atoms with Gasteiger partial charge in [-0.2, -0.15) is 0 Å². The van der Waals surface area contributed by atoms with Gasteiger partial charge in [0.1, 0.15) is 12.2 Å². The molecule has 6 atom stereocenters. The molecule has 49 heavy (non-hydrogen) atoms. The molecule has 6 unspecified atom stereocenters. The molecule has 2 saturated heterocycles. The van der Waals surface area contributed by atoms with E-state index in [-0.39, 0.29) is 17.0 Å². The highest BCUT2D eigenvalue weighted by molar-refractivity contribution is 5.80. The third-order valence-corrected chi connectivity index (χ3v) is 11.3. The van der Waals surface area contributed by atoms with Crippen molar-refractivity contribution in [1.82, 2.24) is 9.80 Å². The molecule has 2 heterocycles. The van der Waals surface area contributed by atoms with E-state index in [2.05, 4.69) is 51.5 Å². The minimum absolute atomic E-state index is 0. The van der Waals surface area contributed by atoms with Gasteiger partial charge in [-0.05, 0) is 66.2 Å². The van der Waals surface area contributed by atoms with E-state index < -0.39 is 24.1 Å². The van der Waals surface area contributed by atoms with Crippen molar-refractivity contribution in [2.45, 2.75) is 199 Å². The highest BCUT2D eigenvalue weighted by atomic mass is 79.9. The van der Waals surface area contributed by atoms with Crippen LogP contribution in [-0.2, 0) is 9.59 Å². The monoisotopic (exact) mass is 761 g/mol. The molecule has 0 bridgehead atoms. The molecule has 10 heteroatoms. The van der Waals surface area contributed by atoms with Gasteiger partial charge in [-0.25, -0.2) is 0 Å². The number of hydrogen-bond acceptors (Lipinski definition) is 8. The van der Waals surface area contributed by atoms with Crippen LogP contribution in [0.4, 0.5) is 0 Å². The molecular weight excluding hydrogens is 686 g/mol. The summed E-state index contributed by atoms with van der Waals surface area (Å²) in [6.07, 6.45) is 23.9. The van der Waals surface area contributed by atoms with Crippen molar-refractivity contribution in [2.75, 3.05) is 39.8 Å². The van der Waals surface area contributed by atoms with Gasteiger partial charge < -0.3 is 51.5 Å². The number of hydrogen-bond donors (Lipinski definition) is 2. The molecule has 0 saturated carbocycles. The Labute approximate surface area is 311 Å². The second-order valence-electron chi connectivity index (χ2n) is 15.6. The molecule has 0 radical (unpaired) electrons. The predicted octanol–water partition coefficient (Wildman–Crippen LogP) is 1.65. The van der Waals surface area contributed by atoms with E-state index in [1.54, 1.807) is 0 Å².